The molecule has 16 saturated carbocycles. The molecule has 16 fully saturated rings. The molecule has 0 unspecified atom stereocenters. The van der Waals surface area contributed by atoms with Crippen LogP contribution in [0.15, 0.2) is 42.5 Å². The molecule has 0 radical (unpaired) electrons. The Morgan fingerprint density at radius 3 is 1.12 bits per heavy atom. The lowest BCUT2D eigenvalue weighted by Crippen LogP contribution is -2.64. The van der Waals surface area contributed by atoms with Crippen LogP contribution in [-0.4, -0.2) is 180 Å². The van der Waals surface area contributed by atoms with E-state index in [1.165, 1.54) is 0 Å². The molecule has 18 rings (SSSR count). The fourth-order valence-electron chi connectivity index (χ4n) is 38.2. The molecule has 758 valence electrons. The Morgan fingerprint density at radius 2 is 0.699 bits per heavy atom. The minimum atomic E-state index is -0.742. The molecule has 12 N–H and O–H groups in total. The molecule has 136 heavy (non-hydrogen) atoms. The summed E-state index contributed by atoms with van der Waals surface area (Å²) >= 11 is 0. The van der Waals surface area contributed by atoms with E-state index in [0.29, 0.717) is 122 Å². The number of rotatable bonds is 27. The molecule has 2 aromatic rings. The summed E-state index contributed by atoms with van der Waals surface area (Å²) in [5.74, 6) is -1.54. The molecule has 2 aromatic carbocycles. The zero-order valence-electron chi connectivity index (χ0n) is 84.1. The number of carbonyl (C=O) groups is 7. The van der Waals surface area contributed by atoms with Crippen molar-refractivity contribution in [3.05, 3.63) is 48.0 Å². The number of amides is 3. The van der Waals surface area contributed by atoms with Crippen LogP contribution in [0.1, 0.15) is 320 Å². The number of nitrogens with one attached hydrogen (secondary N) is 3. The SMILES string of the molecule is C[C@H](CCC(=O)NCC(=O)O[C@@H]1CC[C@@]2(C)[C@@H](C1)C[C@@H](OC(=O)CNC(=O)CC[C@@H](C)[C@H]1CC[C@H]3[C@@H]4[C@H](O)C[C@@H]5C[C@H](O)CC[C@]5(C)[C@H]4C[C@H](O)[C@]13C)[C@@H]1[C@@H]2C[C@H](OC(=O)CNC(=O)CC[C@@H](C)[C@H]2CC[C@H]3[C@@H]4[C@H](O)C[C@@H]5C[C@H](O)CC[C@]5(C)[C@H]4C[C@H](O)[C@]23C)[C@]2(C)[C@@H]([C@H](C)CCC(=O)OCc3cccc4ccccc34)CC[C@@H]12)[C@H]1CC[C@H]2[C@@H]3[C@H](O)C[C@@H]4C[C@H](O)CC[C@]4(C)[C@H]3C[C@H](O)[C@]12C. The molecule has 0 aliphatic heterocycles. The second kappa shape index (κ2) is 39.0. The summed E-state index contributed by atoms with van der Waals surface area (Å²) in [6.45, 7) is 26.0. The van der Waals surface area contributed by atoms with Gasteiger partial charge in [0, 0.05) is 37.0 Å². The van der Waals surface area contributed by atoms with Crippen molar-refractivity contribution < 1.29 is 98.5 Å². The average molecular weight is 1890 g/mol. The van der Waals surface area contributed by atoms with Crippen molar-refractivity contribution in [1.29, 1.82) is 0 Å². The fourth-order valence-corrected chi connectivity index (χ4v) is 38.2. The second-order valence-corrected chi connectivity index (χ2v) is 51.2. The summed E-state index contributed by atoms with van der Waals surface area (Å²) in [5.41, 5.74) is -1.78. The number of benzene rings is 2. The fraction of sp³-hybridized carbons (Fsp3) is 0.850. The molecular formula is C113H171N3O20. The van der Waals surface area contributed by atoms with Gasteiger partial charge in [-0.05, 0) is 396 Å². The van der Waals surface area contributed by atoms with Crippen molar-refractivity contribution in [1.82, 2.24) is 16.0 Å². The van der Waals surface area contributed by atoms with Gasteiger partial charge in [-0.3, -0.25) is 33.6 Å². The summed E-state index contributed by atoms with van der Waals surface area (Å²) in [6, 6.07) is 14.0. The molecule has 0 bridgehead atoms. The first-order chi connectivity index (χ1) is 64.5. The van der Waals surface area contributed by atoms with E-state index in [1.807, 2.05) is 42.5 Å². The minimum absolute atomic E-state index is 0.0429. The third-order valence-corrected chi connectivity index (χ3v) is 45.7. The van der Waals surface area contributed by atoms with E-state index in [1.54, 1.807) is 0 Å². The zero-order valence-corrected chi connectivity index (χ0v) is 84.1. The van der Waals surface area contributed by atoms with E-state index in [4.69, 9.17) is 18.9 Å². The van der Waals surface area contributed by atoms with Crippen molar-refractivity contribution in [2.24, 2.45) is 185 Å². The van der Waals surface area contributed by atoms with Gasteiger partial charge in [-0.2, -0.15) is 0 Å². The van der Waals surface area contributed by atoms with Gasteiger partial charge in [0.15, 0.2) is 0 Å². The van der Waals surface area contributed by atoms with Crippen molar-refractivity contribution in [3.8, 4) is 0 Å². The first kappa shape index (κ1) is 101. The summed E-state index contributed by atoms with van der Waals surface area (Å²) in [7, 11) is 0. The van der Waals surface area contributed by atoms with Gasteiger partial charge >= 0.3 is 23.9 Å². The molecule has 44 atom stereocenters. The highest BCUT2D eigenvalue weighted by Gasteiger charge is 2.73. The summed E-state index contributed by atoms with van der Waals surface area (Å²) in [4.78, 5) is 101. The predicted molar refractivity (Wildman–Crippen MR) is 514 cm³/mol. The van der Waals surface area contributed by atoms with Gasteiger partial charge in [0.05, 0.1) is 54.9 Å². The van der Waals surface area contributed by atoms with Gasteiger partial charge in [0.1, 0.15) is 44.6 Å². The molecule has 3 amide bonds. The van der Waals surface area contributed by atoms with E-state index >= 15 is 9.59 Å². The van der Waals surface area contributed by atoms with E-state index in [-0.39, 0.29) is 252 Å². The van der Waals surface area contributed by atoms with Crippen LogP contribution in [0.5, 0.6) is 0 Å². The largest absolute Gasteiger partial charge is 0.461 e. The molecule has 16 aliphatic rings. The Kier molecular flexibility index (Phi) is 28.9. The highest BCUT2D eigenvalue weighted by atomic mass is 16.6. The maximum Gasteiger partial charge on any atom is 0.325 e. The Labute approximate surface area is 809 Å². The average Bonchev–Trinajstić information content (AvgIpc) is 1.53. The van der Waals surface area contributed by atoms with Gasteiger partial charge in [0.25, 0.3) is 0 Å². The van der Waals surface area contributed by atoms with Crippen molar-refractivity contribution in [2.45, 2.75) is 394 Å². The first-order valence-corrected chi connectivity index (χ1v) is 54.7. The van der Waals surface area contributed by atoms with E-state index < -0.39 is 99.9 Å². The normalized spacial score (nSPS) is 47.0. The number of fused-ring (bicyclic) bond motifs is 21. The van der Waals surface area contributed by atoms with Crippen LogP contribution in [0, 0.1) is 185 Å². The van der Waals surface area contributed by atoms with Gasteiger partial charge in [-0.15, -0.1) is 0 Å². The predicted octanol–water partition coefficient (Wildman–Crippen LogP) is 15.4. The quantitative estimate of drug-likeness (QED) is 0.0292. The molecular weight excluding hydrogens is 1720 g/mol. The minimum Gasteiger partial charge on any atom is -0.461 e. The molecule has 0 heterocycles. The van der Waals surface area contributed by atoms with E-state index in [0.717, 1.165) is 99.8 Å². The van der Waals surface area contributed by atoms with Crippen LogP contribution in [0.3, 0.4) is 0 Å². The maximum atomic E-state index is 15.1. The Morgan fingerprint density at radius 1 is 0.346 bits per heavy atom. The highest BCUT2D eigenvalue weighted by Crippen LogP contribution is 2.75. The van der Waals surface area contributed by atoms with Crippen LogP contribution in [-0.2, 0) is 59.1 Å². The van der Waals surface area contributed by atoms with Gasteiger partial charge < -0.3 is 80.9 Å². The molecule has 0 spiro atoms. The van der Waals surface area contributed by atoms with Crippen LogP contribution in [0.25, 0.3) is 10.8 Å². The van der Waals surface area contributed by atoms with Crippen molar-refractivity contribution in [3.63, 3.8) is 0 Å². The van der Waals surface area contributed by atoms with Crippen LogP contribution >= 0.6 is 0 Å². The van der Waals surface area contributed by atoms with Crippen LogP contribution < -0.4 is 16.0 Å². The van der Waals surface area contributed by atoms with Gasteiger partial charge in [0.2, 0.25) is 17.7 Å². The lowest BCUT2D eigenvalue weighted by atomic mass is 9.43. The smallest absolute Gasteiger partial charge is 0.325 e. The number of hydrogen-bond donors (Lipinski definition) is 12. The van der Waals surface area contributed by atoms with Gasteiger partial charge in [-0.25, -0.2) is 0 Å². The second-order valence-electron chi connectivity index (χ2n) is 51.2. The topological polar surface area (TPSA) is 375 Å². The standard InChI is InChI=1S/C113H171N3O20/c1-60(75-24-28-79-102-83(52-91(123)110(75,79)9)106(5)40-36-70(117)44-66(106)48-87(102)120)20-32-95(126)114-56-99(130)134-73-39-43-109(8)69(47-73)51-90(135-100(131)57-115-96(127)33-21-61(2)76-25-29-80-103-84(53-92(124)111(76,80)10)107(6)41-37-71(118)45-67(107)49-88(103)121)105-82-31-27-78(63(4)23-35-98(129)133-59-65-18-15-17-64-16-13-14-19-74(64)65)113(82,12)94(55-86(105)109)136-101(132)58-116-97(128)34-22-62(3)77-26-30-81-104-85(54-93(125)112(77,81)11)108(7)42-38-72(119)46-68(108)50-89(104)122/h13-19,60-63,66-73,75-94,102-105,117-125H,20-59H2,1-12H3,(H,114,126)(H,115,127)(H,116,128)/t60-,61-,62-,63-,66+,67+,68+,69+,70-,71-,72-,73-,75-,76-,77-,78-,79+,80+,81+,82+,83+,84+,85+,86+,87-,88-,89-,90-,91+,92+,93+,94+,102+,103+,104+,105+,106+,107+,108+,109+,110-,111-,112-,113-/m1/s1. The van der Waals surface area contributed by atoms with Crippen LogP contribution in [0.2, 0.25) is 0 Å². The summed E-state index contributed by atoms with van der Waals surface area (Å²) < 4.78 is 26.4. The molecule has 0 saturated heterocycles. The maximum absolute atomic E-state index is 15.1. The van der Waals surface area contributed by atoms with Crippen molar-refractivity contribution in [2.75, 3.05) is 19.6 Å². The van der Waals surface area contributed by atoms with Gasteiger partial charge in [-0.1, -0.05) is 126 Å². The molecule has 16 aliphatic carbocycles. The zero-order chi connectivity index (χ0) is 96.7. The summed E-state index contributed by atoms with van der Waals surface area (Å²) in [6.07, 6.45) is 16.7. The number of hydrogen-bond acceptors (Lipinski definition) is 20. The lowest BCUT2D eigenvalue weighted by molar-refractivity contribution is -0.225. The first-order valence-electron chi connectivity index (χ1n) is 54.7. The highest BCUT2D eigenvalue weighted by molar-refractivity contribution is 5.86. The lowest BCUT2D eigenvalue weighted by Gasteiger charge is -2.64. The summed E-state index contributed by atoms with van der Waals surface area (Å²) in [5, 5.41) is 116. The third kappa shape index (κ3) is 17.7. The molecule has 23 heteroatoms. The monoisotopic (exact) mass is 1890 g/mol. The van der Waals surface area contributed by atoms with E-state index in [9.17, 15) is 69.9 Å². The molecule has 0 aromatic heterocycles. The van der Waals surface area contributed by atoms with Crippen LogP contribution in [0.4, 0.5) is 0 Å². The Hall–Kier alpha value is -5.37. The Balaban J connectivity index is 0.552. The number of aliphatic hydroxyl groups excluding tert-OH is 9. The number of carbonyl (C=O) groups excluding carboxylic acids is 7. The molecule has 23 nitrogen and oxygen atoms in total. The third-order valence-electron chi connectivity index (χ3n) is 45.7. The number of aliphatic hydroxyl groups is 9. The Bertz CT molecular complexity index is 4660. The number of ether oxygens (including phenoxy) is 4. The van der Waals surface area contributed by atoms with Crippen molar-refractivity contribution >= 4 is 52.4 Å². The number of esters is 4. The van der Waals surface area contributed by atoms with E-state index in [2.05, 4.69) is 99.0 Å².